The highest BCUT2D eigenvalue weighted by atomic mass is 127. The molecule has 2 aromatic rings. The fraction of sp³-hybridized carbons (Fsp3) is 0.333. The Morgan fingerprint density at radius 2 is 1.96 bits per heavy atom. The third kappa shape index (κ3) is 7.82. The van der Waals surface area contributed by atoms with Crippen molar-refractivity contribution in [1.29, 1.82) is 0 Å². The summed E-state index contributed by atoms with van der Waals surface area (Å²) in [6.45, 7) is -2.59. The van der Waals surface area contributed by atoms with Crippen molar-refractivity contribution in [2.24, 2.45) is 4.99 Å². The van der Waals surface area contributed by atoms with Crippen LogP contribution in [0, 0.1) is 0 Å². The third-order valence-corrected chi connectivity index (χ3v) is 3.91. The van der Waals surface area contributed by atoms with E-state index < -0.39 is 18.5 Å². The van der Waals surface area contributed by atoms with E-state index in [0.29, 0.717) is 11.5 Å². The molecule has 0 atom stereocenters. The Balaban J connectivity index is 0.00000364. The van der Waals surface area contributed by atoms with Crippen LogP contribution in [-0.2, 0) is 19.3 Å². The fourth-order valence-electron chi connectivity index (χ4n) is 1.92. The molecule has 150 valence electrons. The molecule has 0 aliphatic rings. The lowest BCUT2D eigenvalue weighted by Gasteiger charge is -2.12. The van der Waals surface area contributed by atoms with Gasteiger partial charge < -0.3 is 15.4 Å². The molecule has 1 aromatic heterocycles. The Morgan fingerprint density at radius 1 is 1.26 bits per heavy atom. The molecule has 0 aliphatic heterocycles. The van der Waals surface area contributed by atoms with Crippen LogP contribution in [0.5, 0.6) is 5.75 Å². The first-order valence-electron chi connectivity index (χ1n) is 7.28. The minimum absolute atomic E-state index is 0. The van der Waals surface area contributed by atoms with Crippen molar-refractivity contribution in [3.05, 3.63) is 45.9 Å². The maximum atomic E-state index is 12.5. The molecule has 0 aliphatic carbocycles. The summed E-state index contributed by atoms with van der Waals surface area (Å²) in [5, 5.41) is 6.96. The van der Waals surface area contributed by atoms with E-state index in [1.54, 1.807) is 12.1 Å². The largest absolute Gasteiger partial charge is 0.435 e. The number of ether oxygens (including phenoxy) is 1. The van der Waals surface area contributed by atoms with E-state index in [1.807, 2.05) is 0 Å². The Kier molecular flexibility index (Phi) is 9.15. The Labute approximate surface area is 173 Å². The number of nitrogens with zero attached hydrogens (tertiary/aromatic N) is 2. The van der Waals surface area contributed by atoms with Crippen LogP contribution in [0.4, 0.5) is 22.0 Å². The topological polar surface area (TPSA) is 58.5 Å². The second-order valence-corrected chi connectivity index (χ2v) is 5.87. The summed E-state index contributed by atoms with van der Waals surface area (Å²) in [5.41, 5.74) is -0.266. The van der Waals surface area contributed by atoms with E-state index in [-0.39, 0.29) is 47.8 Å². The monoisotopic (exact) mass is 522 g/mol. The number of aliphatic imine (C=N–C) groups is 1. The molecule has 0 saturated heterocycles. The predicted molar refractivity (Wildman–Crippen MR) is 103 cm³/mol. The number of aromatic nitrogens is 1. The minimum Gasteiger partial charge on any atom is -0.435 e. The van der Waals surface area contributed by atoms with E-state index in [4.69, 9.17) is 0 Å². The Hall–Kier alpha value is -1.70. The summed E-state index contributed by atoms with van der Waals surface area (Å²) < 4.78 is 66.3. The van der Waals surface area contributed by atoms with Crippen molar-refractivity contribution < 1.29 is 26.7 Å². The zero-order chi connectivity index (χ0) is 19.2. The average molecular weight is 522 g/mol. The lowest BCUT2D eigenvalue weighted by atomic mass is 10.2. The van der Waals surface area contributed by atoms with Gasteiger partial charge in [-0.2, -0.15) is 22.0 Å². The maximum Gasteiger partial charge on any atom is 0.434 e. The molecule has 0 unspecified atom stereocenters. The van der Waals surface area contributed by atoms with Crippen LogP contribution in [0.15, 0.2) is 34.6 Å². The molecule has 2 N–H and O–H groups in total. The van der Waals surface area contributed by atoms with Crippen LogP contribution >= 0.6 is 35.3 Å². The van der Waals surface area contributed by atoms with Crippen molar-refractivity contribution in [2.45, 2.75) is 25.9 Å². The molecular weight excluding hydrogens is 506 g/mol. The number of hydrogen-bond acceptors (Lipinski definition) is 4. The summed E-state index contributed by atoms with van der Waals surface area (Å²) in [7, 11) is 1.49. The smallest absolute Gasteiger partial charge is 0.434 e. The van der Waals surface area contributed by atoms with E-state index in [1.165, 1.54) is 19.2 Å². The summed E-state index contributed by atoms with van der Waals surface area (Å²) in [6.07, 6.45) is -4.47. The van der Waals surface area contributed by atoms with E-state index >= 15 is 0 Å². The number of thiazole rings is 1. The molecule has 0 fully saturated rings. The molecule has 0 spiro atoms. The van der Waals surface area contributed by atoms with Gasteiger partial charge in [0.2, 0.25) is 0 Å². The first-order chi connectivity index (χ1) is 12.3. The molecule has 0 bridgehead atoms. The standard InChI is InChI=1S/C15H15F5N4OS.HI/c1-21-14(23-7-12-24-11(8-26-12)15(18,19)20)22-6-9-3-2-4-10(5-9)25-13(16)17;/h2-5,8,13H,6-7H2,1H3,(H2,21,22,23);1H. The highest BCUT2D eigenvalue weighted by Gasteiger charge is 2.33. The SMILES string of the molecule is CN=C(NCc1cccc(OC(F)F)c1)NCc1nc(C(F)(F)F)cs1.I. The Bertz CT molecular complexity index is 754. The van der Waals surface area contributed by atoms with Crippen LogP contribution in [0.2, 0.25) is 0 Å². The fourth-order valence-corrected chi connectivity index (χ4v) is 2.66. The van der Waals surface area contributed by atoms with Gasteiger partial charge in [0.25, 0.3) is 0 Å². The minimum atomic E-state index is -4.47. The van der Waals surface area contributed by atoms with Crippen LogP contribution in [0.1, 0.15) is 16.3 Å². The molecule has 0 saturated carbocycles. The summed E-state index contributed by atoms with van der Waals surface area (Å²) in [6, 6.07) is 6.13. The number of guanidine groups is 1. The van der Waals surface area contributed by atoms with Gasteiger partial charge in [0.15, 0.2) is 11.7 Å². The molecule has 0 radical (unpaired) electrons. The molecule has 27 heavy (non-hydrogen) atoms. The number of alkyl halides is 5. The summed E-state index contributed by atoms with van der Waals surface area (Å²) >= 11 is 0.887. The van der Waals surface area contributed by atoms with Crippen LogP contribution in [-0.4, -0.2) is 24.6 Å². The quantitative estimate of drug-likeness (QED) is 0.258. The van der Waals surface area contributed by atoms with Crippen molar-refractivity contribution in [3.63, 3.8) is 0 Å². The van der Waals surface area contributed by atoms with Crippen LogP contribution in [0.25, 0.3) is 0 Å². The molecule has 1 aromatic carbocycles. The average Bonchev–Trinajstić information content (AvgIpc) is 3.04. The number of nitrogens with one attached hydrogen (secondary N) is 2. The first kappa shape index (κ1) is 23.3. The number of benzene rings is 1. The summed E-state index contributed by atoms with van der Waals surface area (Å²) in [4.78, 5) is 7.45. The van der Waals surface area contributed by atoms with Crippen molar-refractivity contribution in [1.82, 2.24) is 15.6 Å². The molecule has 1 heterocycles. The molecular formula is C15H16F5IN4OS. The van der Waals surface area contributed by atoms with Crippen molar-refractivity contribution in [3.8, 4) is 5.75 Å². The normalized spacial score (nSPS) is 11.9. The van der Waals surface area contributed by atoms with E-state index in [9.17, 15) is 22.0 Å². The third-order valence-electron chi connectivity index (χ3n) is 3.06. The zero-order valence-electron chi connectivity index (χ0n) is 13.9. The highest BCUT2D eigenvalue weighted by Crippen LogP contribution is 2.29. The molecule has 5 nitrogen and oxygen atoms in total. The number of hydrogen-bond donors (Lipinski definition) is 2. The van der Waals surface area contributed by atoms with Gasteiger partial charge in [-0.05, 0) is 17.7 Å². The Morgan fingerprint density at radius 3 is 2.56 bits per heavy atom. The van der Waals surface area contributed by atoms with Gasteiger partial charge in [-0.1, -0.05) is 12.1 Å². The van der Waals surface area contributed by atoms with Gasteiger partial charge in [-0.3, -0.25) is 4.99 Å². The second kappa shape index (κ2) is 10.6. The van der Waals surface area contributed by atoms with Gasteiger partial charge in [0.1, 0.15) is 10.8 Å². The first-order valence-corrected chi connectivity index (χ1v) is 8.15. The highest BCUT2D eigenvalue weighted by molar-refractivity contribution is 14.0. The lowest BCUT2D eigenvalue weighted by molar-refractivity contribution is -0.140. The molecule has 0 amide bonds. The van der Waals surface area contributed by atoms with Crippen molar-refractivity contribution >= 4 is 41.3 Å². The molecule has 12 heteroatoms. The maximum absolute atomic E-state index is 12.5. The lowest BCUT2D eigenvalue weighted by Crippen LogP contribution is -2.36. The van der Waals surface area contributed by atoms with Crippen molar-refractivity contribution in [2.75, 3.05) is 7.05 Å². The van der Waals surface area contributed by atoms with Crippen LogP contribution in [0.3, 0.4) is 0 Å². The number of rotatable bonds is 6. The molecule has 2 rings (SSSR count). The van der Waals surface area contributed by atoms with Gasteiger partial charge in [0, 0.05) is 19.0 Å². The summed E-state index contributed by atoms with van der Waals surface area (Å²) in [5.74, 6) is 0.360. The van der Waals surface area contributed by atoms with Gasteiger partial charge >= 0.3 is 12.8 Å². The zero-order valence-corrected chi connectivity index (χ0v) is 17.0. The van der Waals surface area contributed by atoms with Crippen LogP contribution < -0.4 is 15.4 Å². The van der Waals surface area contributed by atoms with Gasteiger partial charge in [0.05, 0.1) is 6.54 Å². The van der Waals surface area contributed by atoms with E-state index in [2.05, 4.69) is 25.3 Å². The predicted octanol–water partition coefficient (Wildman–Crippen LogP) is 4.25. The van der Waals surface area contributed by atoms with E-state index in [0.717, 1.165) is 16.7 Å². The van der Waals surface area contributed by atoms with Gasteiger partial charge in [-0.15, -0.1) is 35.3 Å². The number of halogens is 6. The van der Waals surface area contributed by atoms with Gasteiger partial charge in [-0.25, -0.2) is 4.98 Å². The second-order valence-electron chi connectivity index (χ2n) is 4.93.